The summed E-state index contributed by atoms with van der Waals surface area (Å²) in [5, 5.41) is 10.9. The normalized spacial score (nSPS) is 10.9. The molecule has 0 saturated heterocycles. The Hall–Kier alpha value is -1.97. The maximum absolute atomic E-state index is 5.69. The molecular weight excluding hydrogens is 469 g/mol. The van der Waals surface area contributed by atoms with Crippen molar-refractivity contribution in [2.45, 2.75) is 33.2 Å². The van der Waals surface area contributed by atoms with Gasteiger partial charge in [0.2, 0.25) is 0 Å². The van der Waals surface area contributed by atoms with E-state index in [9.17, 15) is 0 Å². The minimum absolute atomic E-state index is 0. The van der Waals surface area contributed by atoms with Crippen molar-refractivity contribution in [2.75, 3.05) is 33.4 Å². The molecule has 0 spiro atoms. The molecule has 0 aliphatic carbocycles. The van der Waals surface area contributed by atoms with Crippen molar-refractivity contribution in [1.29, 1.82) is 0 Å². The van der Waals surface area contributed by atoms with Gasteiger partial charge < -0.3 is 20.1 Å². The molecular formula is C20H32IN5O2. The number of hydrogen-bond acceptors (Lipinski definition) is 4. The molecule has 28 heavy (non-hydrogen) atoms. The number of ether oxygens (including phenoxy) is 2. The standard InChI is InChI=1S/C20H31N5O2.HI/c1-4-26-18-9-8-17(16-19(18)27-5-2)10-13-23-20(21-3)22-11-6-14-25-15-7-12-24-25;/h7-9,12,15-16H,4-6,10-11,13-14H2,1-3H3,(H2,21,22,23);1H. The van der Waals surface area contributed by atoms with Gasteiger partial charge in [-0.3, -0.25) is 9.67 Å². The molecule has 2 aromatic rings. The monoisotopic (exact) mass is 501 g/mol. The van der Waals surface area contributed by atoms with E-state index in [-0.39, 0.29) is 24.0 Å². The van der Waals surface area contributed by atoms with E-state index in [1.54, 1.807) is 13.2 Å². The molecule has 1 aromatic heterocycles. The quantitative estimate of drug-likeness (QED) is 0.214. The van der Waals surface area contributed by atoms with E-state index in [1.807, 2.05) is 36.9 Å². The van der Waals surface area contributed by atoms with Crippen molar-refractivity contribution < 1.29 is 9.47 Å². The Morgan fingerprint density at radius 1 is 1.11 bits per heavy atom. The lowest BCUT2D eigenvalue weighted by molar-refractivity contribution is 0.287. The summed E-state index contributed by atoms with van der Waals surface area (Å²) in [6.07, 6.45) is 5.63. The van der Waals surface area contributed by atoms with Crippen molar-refractivity contribution >= 4 is 29.9 Å². The van der Waals surface area contributed by atoms with Crippen molar-refractivity contribution in [3.8, 4) is 11.5 Å². The summed E-state index contributed by atoms with van der Waals surface area (Å²) < 4.78 is 13.2. The van der Waals surface area contributed by atoms with Crippen molar-refractivity contribution in [1.82, 2.24) is 20.4 Å². The number of benzene rings is 1. The Kier molecular flexibility index (Phi) is 12.1. The van der Waals surface area contributed by atoms with Crippen LogP contribution in [0.25, 0.3) is 0 Å². The van der Waals surface area contributed by atoms with Crippen LogP contribution in [0.3, 0.4) is 0 Å². The Bertz CT molecular complexity index is 692. The average molecular weight is 501 g/mol. The zero-order valence-electron chi connectivity index (χ0n) is 17.0. The van der Waals surface area contributed by atoms with Gasteiger partial charge >= 0.3 is 0 Å². The number of hydrogen-bond donors (Lipinski definition) is 2. The minimum Gasteiger partial charge on any atom is -0.490 e. The number of halogens is 1. The van der Waals surface area contributed by atoms with Gasteiger partial charge in [-0.1, -0.05) is 6.07 Å². The summed E-state index contributed by atoms with van der Waals surface area (Å²) in [5.74, 6) is 2.41. The van der Waals surface area contributed by atoms with Crippen LogP contribution in [0.1, 0.15) is 25.8 Å². The second-order valence-corrected chi connectivity index (χ2v) is 5.95. The first-order chi connectivity index (χ1) is 13.3. The summed E-state index contributed by atoms with van der Waals surface area (Å²) >= 11 is 0. The highest BCUT2D eigenvalue weighted by atomic mass is 127. The molecule has 0 amide bonds. The van der Waals surface area contributed by atoms with E-state index < -0.39 is 0 Å². The number of rotatable bonds is 11. The van der Waals surface area contributed by atoms with Gasteiger partial charge in [-0.15, -0.1) is 24.0 Å². The van der Waals surface area contributed by atoms with Crippen molar-refractivity contribution in [2.24, 2.45) is 4.99 Å². The SMILES string of the molecule is CCOc1ccc(CCNC(=NC)NCCCn2cccn2)cc1OCC.I. The molecule has 8 heteroatoms. The van der Waals surface area contributed by atoms with Crippen LogP contribution >= 0.6 is 24.0 Å². The summed E-state index contributed by atoms with van der Waals surface area (Å²) in [6.45, 7) is 7.73. The van der Waals surface area contributed by atoms with Crippen LogP contribution in [0.4, 0.5) is 0 Å². The summed E-state index contributed by atoms with van der Waals surface area (Å²) in [7, 11) is 1.78. The summed E-state index contributed by atoms with van der Waals surface area (Å²) in [6, 6.07) is 8.05. The molecule has 156 valence electrons. The molecule has 0 aliphatic heterocycles. The Morgan fingerprint density at radius 2 is 1.86 bits per heavy atom. The second kappa shape index (κ2) is 14.1. The third-order valence-corrected chi connectivity index (χ3v) is 3.95. The molecule has 2 N–H and O–H groups in total. The van der Waals surface area contributed by atoms with Crippen LogP contribution in [0.2, 0.25) is 0 Å². The van der Waals surface area contributed by atoms with Crippen LogP contribution in [0.15, 0.2) is 41.7 Å². The molecule has 0 atom stereocenters. The fourth-order valence-corrected chi connectivity index (χ4v) is 2.68. The van der Waals surface area contributed by atoms with E-state index in [0.29, 0.717) is 13.2 Å². The summed E-state index contributed by atoms with van der Waals surface area (Å²) in [4.78, 5) is 4.27. The fourth-order valence-electron chi connectivity index (χ4n) is 2.68. The highest BCUT2D eigenvalue weighted by Gasteiger charge is 2.06. The van der Waals surface area contributed by atoms with Gasteiger partial charge in [0.1, 0.15) is 0 Å². The maximum Gasteiger partial charge on any atom is 0.190 e. The number of aliphatic imine (C=N–C) groups is 1. The van der Waals surface area contributed by atoms with Crippen LogP contribution < -0.4 is 20.1 Å². The predicted octanol–water partition coefficient (Wildman–Crippen LogP) is 3.10. The number of guanidine groups is 1. The van der Waals surface area contributed by atoms with Crippen LogP contribution in [0.5, 0.6) is 11.5 Å². The second-order valence-electron chi connectivity index (χ2n) is 5.95. The highest BCUT2D eigenvalue weighted by Crippen LogP contribution is 2.28. The molecule has 0 saturated carbocycles. The number of nitrogens with zero attached hydrogens (tertiary/aromatic N) is 3. The molecule has 0 radical (unpaired) electrons. The fraction of sp³-hybridized carbons (Fsp3) is 0.500. The molecule has 2 rings (SSSR count). The van der Waals surface area contributed by atoms with E-state index in [0.717, 1.165) is 49.9 Å². The van der Waals surface area contributed by atoms with Gasteiger partial charge in [0, 0.05) is 39.1 Å². The topological polar surface area (TPSA) is 72.7 Å². The largest absolute Gasteiger partial charge is 0.490 e. The Morgan fingerprint density at radius 3 is 2.54 bits per heavy atom. The third kappa shape index (κ3) is 8.37. The highest BCUT2D eigenvalue weighted by molar-refractivity contribution is 14.0. The predicted molar refractivity (Wildman–Crippen MR) is 124 cm³/mol. The lowest BCUT2D eigenvalue weighted by Gasteiger charge is -2.14. The van der Waals surface area contributed by atoms with E-state index >= 15 is 0 Å². The zero-order chi connectivity index (χ0) is 19.3. The minimum atomic E-state index is 0. The van der Waals surface area contributed by atoms with Crippen LogP contribution in [-0.2, 0) is 13.0 Å². The first-order valence-electron chi connectivity index (χ1n) is 9.57. The Balaban J connectivity index is 0.00000392. The molecule has 7 nitrogen and oxygen atoms in total. The molecule has 0 bridgehead atoms. The molecule has 0 fully saturated rings. The maximum atomic E-state index is 5.69. The first-order valence-corrected chi connectivity index (χ1v) is 9.57. The number of aromatic nitrogens is 2. The number of nitrogens with one attached hydrogen (secondary N) is 2. The molecule has 1 heterocycles. The van der Waals surface area contributed by atoms with E-state index in [2.05, 4.69) is 32.9 Å². The average Bonchev–Trinajstić information content (AvgIpc) is 3.19. The van der Waals surface area contributed by atoms with Gasteiger partial charge in [-0.25, -0.2) is 0 Å². The van der Waals surface area contributed by atoms with Gasteiger partial charge in [0.15, 0.2) is 17.5 Å². The lowest BCUT2D eigenvalue weighted by atomic mass is 10.1. The van der Waals surface area contributed by atoms with Crippen LogP contribution in [0, 0.1) is 0 Å². The van der Waals surface area contributed by atoms with Gasteiger partial charge in [0.25, 0.3) is 0 Å². The van der Waals surface area contributed by atoms with Crippen molar-refractivity contribution in [3.63, 3.8) is 0 Å². The van der Waals surface area contributed by atoms with Gasteiger partial charge in [-0.2, -0.15) is 5.10 Å². The van der Waals surface area contributed by atoms with E-state index in [4.69, 9.17) is 9.47 Å². The lowest BCUT2D eigenvalue weighted by Crippen LogP contribution is -2.39. The van der Waals surface area contributed by atoms with Crippen molar-refractivity contribution in [3.05, 3.63) is 42.2 Å². The van der Waals surface area contributed by atoms with E-state index in [1.165, 1.54) is 5.56 Å². The molecule has 0 unspecified atom stereocenters. The third-order valence-electron chi connectivity index (χ3n) is 3.95. The molecule has 0 aliphatic rings. The van der Waals surface area contributed by atoms with Gasteiger partial charge in [-0.05, 0) is 50.5 Å². The summed E-state index contributed by atoms with van der Waals surface area (Å²) in [5.41, 5.74) is 1.20. The smallest absolute Gasteiger partial charge is 0.190 e. The molecule has 1 aromatic carbocycles. The number of aryl methyl sites for hydroxylation is 1. The zero-order valence-corrected chi connectivity index (χ0v) is 19.3. The van der Waals surface area contributed by atoms with Crippen LogP contribution in [-0.4, -0.2) is 49.1 Å². The Labute approximate surface area is 184 Å². The van der Waals surface area contributed by atoms with Gasteiger partial charge in [0.05, 0.1) is 13.2 Å². The first kappa shape index (κ1) is 24.1.